The summed E-state index contributed by atoms with van der Waals surface area (Å²) < 4.78 is 0. The Bertz CT molecular complexity index is 807. The number of carbonyl (C=O) groups is 3. The summed E-state index contributed by atoms with van der Waals surface area (Å²) in [6, 6.07) is 17.5. The lowest BCUT2D eigenvalue weighted by molar-refractivity contribution is -0.134. The van der Waals surface area contributed by atoms with Crippen molar-refractivity contribution in [3.05, 3.63) is 66.2 Å². The lowest BCUT2D eigenvalue weighted by Crippen LogP contribution is -2.43. The number of hydrogen-bond donors (Lipinski definition) is 1. The van der Waals surface area contributed by atoms with Crippen LogP contribution in [0, 0.1) is 0 Å². The highest BCUT2D eigenvalue weighted by molar-refractivity contribution is 6.10. The summed E-state index contributed by atoms with van der Waals surface area (Å²) >= 11 is 0. The van der Waals surface area contributed by atoms with Crippen molar-refractivity contribution in [2.75, 3.05) is 18.5 Å². The van der Waals surface area contributed by atoms with Crippen LogP contribution in [0.25, 0.3) is 0 Å². The van der Waals surface area contributed by atoms with Gasteiger partial charge >= 0.3 is 6.03 Å². The lowest BCUT2D eigenvalue weighted by atomic mass is 9.92. The van der Waals surface area contributed by atoms with Crippen LogP contribution < -0.4 is 10.2 Å². The molecule has 1 fully saturated rings. The van der Waals surface area contributed by atoms with Gasteiger partial charge in [0.25, 0.3) is 5.91 Å². The third-order valence-electron chi connectivity index (χ3n) is 4.44. The fraction of sp³-hybridized carbons (Fsp3) is 0.211. The van der Waals surface area contributed by atoms with Crippen LogP contribution in [0.3, 0.4) is 0 Å². The van der Waals surface area contributed by atoms with Gasteiger partial charge in [0, 0.05) is 12.7 Å². The number of benzene rings is 2. The van der Waals surface area contributed by atoms with Crippen molar-refractivity contribution >= 4 is 23.5 Å². The first kappa shape index (κ1) is 16.7. The van der Waals surface area contributed by atoms with Gasteiger partial charge in [0.2, 0.25) is 5.91 Å². The summed E-state index contributed by atoms with van der Waals surface area (Å²) in [7, 11) is 1.62. The molecule has 128 valence electrons. The molecule has 3 rings (SSSR count). The zero-order valence-corrected chi connectivity index (χ0v) is 14.1. The van der Waals surface area contributed by atoms with E-state index in [0.717, 1.165) is 4.90 Å². The molecule has 25 heavy (non-hydrogen) atoms. The molecule has 4 amide bonds. The quantitative estimate of drug-likeness (QED) is 0.869. The summed E-state index contributed by atoms with van der Waals surface area (Å²) in [6.07, 6.45) is 0. The van der Waals surface area contributed by atoms with E-state index in [1.807, 2.05) is 24.3 Å². The van der Waals surface area contributed by atoms with E-state index in [9.17, 15) is 14.4 Å². The minimum atomic E-state index is -1.16. The molecule has 1 atom stereocenters. The molecule has 2 aromatic rings. The number of imide groups is 1. The number of amides is 4. The number of rotatable bonds is 4. The van der Waals surface area contributed by atoms with Crippen molar-refractivity contribution in [1.82, 2.24) is 10.2 Å². The number of carbonyl (C=O) groups excluding carboxylic acids is 3. The van der Waals surface area contributed by atoms with Gasteiger partial charge in [-0.15, -0.1) is 0 Å². The molecule has 1 unspecified atom stereocenters. The standard InChI is InChI=1S/C19H19N3O3/c1-19(14-9-5-3-6-10-14)17(24)22(18(25)20-19)13-16(23)21(2)15-11-7-4-8-12-15/h3-12H,13H2,1-2H3,(H,20,25). The lowest BCUT2D eigenvalue weighted by Gasteiger charge is -2.23. The molecule has 2 aromatic carbocycles. The maximum Gasteiger partial charge on any atom is 0.325 e. The molecule has 6 heteroatoms. The number of para-hydroxylation sites is 1. The average molecular weight is 337 g/mol. The topological polar surface area (TPSA) is 69.7 Å². The molecule has 1 heterocycles. The first-order valence-corrected chi connectivity index (χ1v) is 7.95. The van der Waals surface area contributed by atoms with E-state index in [1.54, 1.807) is 50.4 Å². The van der Waals surface area contributed by atoms with Crippen LogP contribution in [0.5, 0.6) is 0 Å². The molecule has 0 aromatic heterocycles. The Morgan fingerprint density at radius 1 is 1.04 bits per heavy atom. The van der Waals surface area contributed by atoms with E-state index in [4.69, 9.17) is 0 Å². The van der Waals surface area contributed by atoms with E-state index in [1.165, 1.54) is 4.90 Å². The monoisotopic (exact) mass is 337 g/mol. The third-order valence-corrected chi connectivity index (χ3v) is 4.44. The second-order valence-corrected chi connectivity index (χ2v) is 6.10. The Kier molecular flexibility index (Phi) is 4.27. The molecule has 1 N–H and O–H groups in total. The molecule has 6 nitrogen and oxygen atoms in total. The van der Waals surface area contributed by atoms with Gasteiger partial charge in [0.15, 0.2) is 0 Å². The first-order chi connectivity index (χ1) is 11.9. The highest BCUT2D eigenvalue weighted by Gasteiger charge is 2.49. The highest BCUT2D eigenvalue weighted by Crippen LogP contribution is 2.28. The Hall–Kier alpha value is -3.15. The first-order valence-electron chi connectivity index (χ1n) is 7.95. The molecular formula is C19H19N3O3. The summed E-state index contributed by atoms with van der Waals surface area (Å²) in [6.45, 7) is 1.34. The van der Waals surface area contributed by atoms with Crippen molar-refractivity contribution in [1.29, 1.82) is 0 Å². The van der Waals surface area contributed by atoms with Crippen LogP contribution in [0.1, 0.15) is 12.5 Å². The van der Waals surface area contributed by atoms with Crippen LogP contribution in [0.15, 0.2) is 60.7 Å². The van der Waals surface area contributed by atoms with E-state index in [2.05, 4.69) is 5.32 Å². The van der Waals surface area contributed by atoms with E-state index in [-0.39, 0.29) is 12.5 Å². The van der Waals surface area contributed by atoms with E-state index in [0.29, 0.717) is 11.3 Å². The van der Waals surface area contributed by atoms with Crippen LogP contribution in [0.2, 0.25) is 0 Å². The Balaban J connectivity index is 1.78. The molecule has 1 saturated heterocycles. The normalized spacial score (nSPS) is 19.7. The SMILES string of the molecule is CN(C(=O)CN1C(=O)NC(C)(c2ccccc2)C1=O)c1ccccc1. The predicted octanol–water partition coefficient (Wildman–Crippen LogP) is 2.12. The summed E-state index contributed by atoms with van der Waals surface area (Å²) in [5.74, 6) is -0.773. The Morgan fingerprint density at radius 2 is 1.60 bits per heavy atom. The molecule has 1 aliphatic heterocycles. The van der Waals surface area contributed by atoms with E-state index >= 15 is 0 Å². The van der Waals surface area contributed by atoms with Crippen molar-refractivity contribution in [3.63, 3.8) is 0 Å². The van der Waals surface area contributed by atoms with Crippen LogP contribution >= 0.6 is 0 Å². The van der Waals surface area contributed by atoms with Gasteiger partial charge in [-0.3, -0.25) is 14.5 Å². The van der Waals surface area contributed by atoms with Crippen LogP contribution in [-0.2, 0) is 15.1 Å². The maximum absolute atomic E-state index is 12.8. The summed E-state index contributed by atoms with van der Waals surface area (Å²) in [5, 5.41) is 2.70. The van der Waals surface area contributed by atoms with Crippen molar-refractivity contribution < 1.29 is 14.4 Å². The third kappa shape index (κ3) is 2.98. The zero-order valence-electron chi connectivity index (χ0n) is 14.1. The number of likely N-dealkylation sites (N-methyl/N-ethyl adjacent to an activating group) is 1. The maximum atomic E-state index is 12.8. The zero-order chi connectivity index (χ0) is 18.0. The molecule has 1 aliphatic rings. The molecule has 0 aliphatic carbocycles. The van der Waals surface area contributed by atoms with Gasteiger partial charge in [-0.05, 0) is 24.6 Å². The highest BCUT2D eigenvalue weighted by atomic mass is 16.2. The minimum Gasteiger partial charge on any atom is -0.319 e. The summed E-state index contributed by atoms with van der Waals surface area (Å²) in [5.41, 5.74) is 0.217. The summed E-state index contributed by atoms with van der Waals surface area (Å²) in [4.78, 5) is 40.0. The van der Waals surface area contributed by atoms with Crippen LogP contribution in [-0.4, -0.2) is 36.3 Å². The largest absolute Gasteiger partial charge is 0.325 e. The molecule has 0 saturated carbocycles. The molecule has 0 radical (unpaired) electrons. The van der Waals surface area contributed by atoms with E-state index < -0.39 is 17.5 Å². The van der Waals surface area contributed by atoms with Gasteiger partial charge in [0.05, 0.1) is 0 Å². The second-order valence-electron chi connectivity index (χ2n) is 6.10. The smallest absolute Gasteiger partial charge is 0.319 e. The van der Waals surface area contributed by atoms with Crippen LogP contribution in [0.4, 0.5) is 10.5 Å². The fourth-order valence-electron chi connectivity index (χ4n) is 2.84. The number of urea groups is 1. The van der Waals surface area contributed by atoms with Crippen molar-refractivity contribution in [2.24, 2.45) is 0 Å². The number of hydrogen-bond acceptors (Lipinski definition) is 3. The molecule has 0 spiro atoms. The molecular weight excluding hydrogens is 318 g/mol. The predicted molar refractivity (Wildman–Crippen MR) is 93.9 cm³/mol. The van der Waals surface area contributed by atoms with Gasteiger partial charge < -0.3 is 10.2 Å². The molecule has 0 bridgehead atoms. The Labute approximate surface area is 146 Å². The number of nitrogens with zero attached hydrogens (tertiary/aromatic N) is 2. The van der Waals surface area contributed by atoms with Gasteiger partial charge in [-0.1, -0.05) is 48.5 Å². The number of nitrogens with one attached hydrogen (secondary N) is 1. The average Bonchev–Trinajstić information content (AvgIpc) is 2.86. The van der Waals surface area contributed by atoms with Gasteiger partial charge in [-0.25, -0.2) is 4.79 Å². The Morgan fingerprint density at radius 3 is 2.20 bits per heavy atom. The minimum absolute atomic E-state index is 0.307. The van der Waals surface area contributed by atoms with Gasteiger partial charge in [-0.2, -0.15) is 0 Å². The number of anilines is 1. The van der Waals surface area contributed by atoms with Crippen molar-refractivity contribution in [2.45, 2.75) is 12.5 Å². The second kappa shape index (κ2) is 6.39. The van der Waals surface area contributed by atoms with Gasteiger partial charge in [0.1, 0.15) is 12.1 Å². The fourth-order valence-corrected chi connectivity index (χ4v) is 2.84. The van der Waals surface area contributed by atoms with Crippen molar-refractivity contribution in [3.8, 4) is 0 Å².